The molecule has 1 saturated carbocycles. The number of thiophene rings is 1. The van der Waals surface area contributed by atoms with Crippen LogP contribution < -0.4 is 5.32 Å². The minimum atomic E-state index is 0.543. The minimum absolute atomic E-state index is 0.543. The van der Waals surface area contributed by atoms with Crippen LogP contribution in [-0.2, 0) is 6.42 Å². The van der Waals surface area contributed by atoms with Crippen LogP contribution in [0.25, 0.3) is 0 Å². The molecule has 0 radical (unpaired) electrons. The van der Waals surface area contributed by atoms with Crippen LogP contribution in [0.5, 0.6) is 0 Å². The van der Waals surface area contributed by atoms with Crippen molar-refractivity contribution in [3.8, 4) is 0 Å². The van der Waals surface area contributed by atoms with E-state index in [1.165, 1.54) is 23.3 Å². The summed E-state index contributed by atoms with van der Waals surface area (Å²) < 4.78 is 0. The monoisotopic (exact) mass is 297 g/mol. The van der Waals surface area contributed by atoms with E-state index in [2.05, 4.69) is 54.9 Å². The number of hydrogen-bond acceptors (Lipinski definition) is 2. The molecule has 2 aromatic rings. The van der Waals surface area contributed by atoms with Gasteiger partial charge < -0.3 is 5.32 Å². The number of hydrogen-bond donors (Lipinski definition) is 1. The molecule has 4 rings (SSSR count). The molecule has 0 aliphatic heterocycles. The highest BCUT2D eigenvalue weighted by molar-refractivity contribution is 7.10. The maximum atomic E-state index is 3.77. The summed E-state index contributed by atoms with van der Waals surface area (Å²) in [5.74, 6) is 2.48. The van der Waals surface area contributed by atoms with Gasteiger partial charge in [0.25, 0.3) is 0 Å². The van der Waals surface area contributed by atoms with E-state index in [4.69, 9.17) is 0 Å². The molecule has 0 spiro atoms. The van der Waals surface area contributed by atoms with Gasteiger partial charge in [0.2, 0.25) is 0 Å². The van der Waals surface area contributed by atoms with Gasteiger partial charge in [0.15, 0.2) is 0 Å². The summed E-state index contributed by atoms with van der Waals surface area (Å²) in [7, 11) is 0. The predicted molar refractivity (Wildman–Crippen MR) is 90.0 cm³/mol. The fraction of sp³-hybridized carbons (Fsp3) is 0.474. The molecule has 1 fully saturated rings. The van der Waals surface area contributed by atoms with Crippen molar-refractivity contribution in [2.24, 2.45) is 11.8 Å². The third-order valence-corrected chi connectivity index (χ3v) is 6.19. The van der Waals surface area contributed by atoms with Gasteiger partial charge in [-0.3, -0.25) is 0 Å². The summed E-state index contributed by atoms with van der Waals surface area (Å²) in [6.07, 6.45) is 2.65. The summed E-state index contributed by atoms with van der Waals surface area (Å²) in [6, 6.07) is 12.0. The van der Waals surface area contributed by atoms with Crippen LogP contribution >= 0.6 is 11.3 Å². The van der Waals surface area contributed by atoms with Crippen molar-refractivity contribution in [1.82, 2.24) is 5.32 Å². The molecule has 2 aliphatic rings. The fourth-order valence-corrected chi connectivity index (χ4v) is 5.14. The van der Waals surface area contributed by atoms with E-state index in [1.54, 1.807) is 11.1 Å². The third kappa shape index (κ3) is 2.25. The standard InChI is InChI=1S/C19H23NS/c1-3-20-19(14-10-12(2)21-11-14)18-16-9-8-13-6-4-5-7-15(13)17(16)18/h4-7,10-11,16-20H,3,8-9H2,1-2H3. The van der Waals surface area contributed by atoms with E-state index < -0.39 is 0 Å². The molecule has 1 aromatic carbocycles. The maximum Gasteiger partial charge on any atom is 0.0365 e. The van der Waals surface area contributed by atoms with Crippen molar-refractivity contribution in [3.05, 3.63) is 57.3 Å². The first-order valence-electron chi connectivity index (χ1n) is 8.16. The molecule has 1 nitrogen and oxygen atoms in total. The van der Waals surface area contributed by atoms with Crippen LogP contribution in [0.15, 0.2) is 35.7 Å². The Morgan fingerprint density at radius 3 is 2.95 bits per heavy atom. The van der Waals surface area contributed by atoms with Gasteiger partial charge in [-0.1, -0.05) is 31.2 Å². The molecule has 0 bridgehead atoms. The number of nitrogens with one attached hydrogen (secondary N) is 1. The average Bonchev–Trinajstić information content (AvgIpc) is 3.09. The zero-order chi connectivity index (χ0) is 14.4. The fourth-order valence-electron chi connectivity index (χ4n) is 4.40. The summed E-state index contributed by atoms with van der Waals surface area (Å²) in [4.78, 5) is 1.43. The van der Waals surface area contributed by atoms with E-state index >= 15 is 0 Å². The lowest BCUT2D eigenvalue weighted by Gasteiger charge is -2.17. The number of benzene rings is 1. The van der Waals surface area contributed by atoms with Crippen molar-refractivity contribution < 1.29 is 0 Å². The molecular formula is C19H23NS. The molecule has 110 valence electrons. The number of aryl methyl sites for hydroxylation is 2. The zero-order valence-electron chi connectivity index (χ0n) is 12.8. The van der Waals surface area contributed by atoms with Gasteiger partial charge in [0, 0.05) is 10.9 Å². The van der Waals surface area contributed by atoms with Crippen molar-refractivity contribution in [3.63, 3.8) is 0 Å². The van der Waals surface area contributed by atoms with E-state index in [0.29, 0.717) is 6.04 Å². The second-order valence-electron chi connectivity index (χ2n) is 6.53. The van der Waals surface area contributed by atoms with Crippen LogP contribution in [0.2, 0.25) is 0 Å². The Labute approximate surface area is 131 Å². The average molecular weight is 297 g/mol. The lowest BCUT2D eigenvalue weighted by atomic mass is 9.92. The summed E-state index contributed by atoms with van der Waals surface area (Å²) in [6.45, 7) is 5.50. The molecule has 1 N–H and O–H groups in total. The van der Waals surface area contributed by atoms with Crippen LogP contribution in [0, 0.1) is 18.8 Å². The Hall–Kier alpha value is -1.12. The Morgan fingerprint density at radius 2 is 2.19 bits per heavy atom. The normalized spacial score (nSPS) is 27.8. The van der Waals surface area contributed by atoms with Crippen LogP contribution in [0.3, 0.4) is 0 Å². The van der Waals surface area contributed by atoms with Crippen LogP contribution in [0.4, 0.5) is 0 Å². The van der Waals surface area contributed by atoms with Gasteiger partial charge in [-0.05, 0) is 72.2 Å². The second kappa shape index (κ2) is 5.26. The molecule has 4 atom stereocenters. The first kappa shape index (κ1) is 13.5. The Morgan fingerprint density at radius 1 is 1.33 bits per heavy atom. The van der Waals surface area contributed by atoms with Gasteiger partial charge in [-0.15, -0.1) is 11.3 Å². The third-order valence-electron chi connectivity index (χ3n) is 5.31. The Bertz CT molecular complexity index is 645. The lowest BCUT2D eigenvalue weighted by Crippen LogP contribution is -2.23. The molecule has 1 aromatic heterocycles. The second-order valence-corrected chi connectivity index (χ2v) is 7.65. The molecule has 2 aliphatic carbocycles. The van der Waals surface area contributed by atoms with Crippen molar-refractivity contribution in [2.75, 3.05) is 6.54 Å². The Kier molecular flexibility index (Phi) is 3.39. The van der Waals surface area contributed by atoms with Crippen molar-refractivity contribution >= 4 is 11.3 Å². The highest BCUT2D eigenvalue weighted by Crippen LogP contribution is 2.64. The van der Waals surface area contributed by atoms with Gasteiger partial charge in [0.1, 0.15) is 0 Å². The van der Waals surface area contributed by atoms with Gasteiger partial charge in [0.05, 0.1) is 0 Å². The number of rotatable bonds is 4. The van der Waals surface area contributed by atoms with Crippen LogP contribution in [-0.4, -0.2) is 6.54 Å². The quantitative estimate of drug-likeness (QED) is 0.863. The van der Waals surface area contributed by atoms with Crippen LogP contribution in [0.1, 0.15) is 46.9 Å². The first-order valence-corrected chi connectivity index (χ1v) is 9.03. The molecule has 4 unspecified atom stereocenters. The first-order chi connectivity index (χ1) is 10.3. The Balaban J connectivity index is 1.65. The van der Waals surface area contributed by atoms with Crippen molar-refractivity contribution in [2.45, 2.75) is 38.6 Å². The molecular weight excluding hydrogens is 274 g/mol. The lowest BCUT2D eigenvalue weighted by molar-refractivity contribution is 0.461. The van der Waals surface area contributed by atoms with Gasteiger partial charge >= 0.3 is 0 Å². The molecule has 2 heteroatoms. The SMILES string of the molecule is CCNC(c1csc(C)c1)C1C2CCc3ccccc3C21. The highest BCUT2D eigenvalue weighted by Gasteiger charge is 2.56. The van der Waals surface area contributed by atoms with E-state index in [-0.39, 0.29) is 0 Å². The largest absolute Gasteiger partial charge is 0.310 e. The van der Waals surface area contributed by atoms with Gasteiger partial charge in [-0.25, -0.2) is 0 Å². The van der Waals surface area contributed by atoms with E-state index in [0.717, 1.165) is 24.3 Å². The molecule has 21 heavy (non-hydrogen) atoms. The van der Waals surface area contributed by atoms with E-state index in [1.807, 2.05) is 11.3 Å². The summed E-state index contributed by atoms with van der Waals surface area (Å²) in [5, 5.41) is 6.13. The summed E-state index contributed by atoms with van der Waals surface area (Å²) in [5.41, 5.74) is 4.74. The van der Waals surface area contributed by atoms with Crippen molar-refractivity contribution in [1.29, 1.82) is 0 Å². The smallest absolute Gasteiger partial charge is 0.0365 e. The van der Waals surface area contributed by atoms with Gasteiger partial charge in [-0.2, -0.15) is 0 Å². The zero-order valence-corrected chi connectivity index (χ0v) is 13.6. The molecule has 0 saturated heterocycles. The predicted octanol–water partition coefficient (Wildman–Crippen LogP) is 4.68. The summed E-state index contributed by atoms with van der Waals surface area (Å²) >= 11 is 1.88. The number of fused-ring (bicyclic) bond motifs is 3. The maximum absolute atomic E-state index is 3.77. The minimum Gasteiger partial charge on any atom is -0.310 e. The molecule has 1 heterocycles. The highest BCUT2D eigenvalue weighted by atomic mass is 32.1. The molecule has 0 amide bonds. The topological polar surface area (TPSA) is 12.0 Å². The van der Waals surface area contributed by atoms with E-state index in [9.17, 15) is 0 Å².